The van der Waals surface area contributed by atoms with Gasteiger partial charge in [0.15, 0.2) is 0 Å². The molecule has 0 aromatic carbocycles. The van der Waals surface area contributed by atoms with Gasteiger partial charge in [-0.25, -0.2) is 0 Å². The van der Waals surface area contributed by atoms with Gasteiger partial charge in [0.25, 0.3) is 0 Å². The summed E-state index contributed by atoms with van der Waals surface area (Å²) in [5.74, 6) is -0.538. The van der Waals surface area contributed by atoms with Gasteiger partial charge in [0.2, 0.25) is 11.8 Å². The topological polar surface area (TPSA) is 98.7 Å². The summed E-state index contributed by atoms with van der Waals surface area (Å²) in [6.07, 6.45) is 7.46. The van der Waals surface area contributed by atoms with E-state index in [2.05, 4.69) is 17.6 Å². The fourth-order valence-electron chi connectivity index (χ4n) is 2.26. The van der Waals surface area contributed by atoms with E-state index in [0.29, 0.717) is 13.0 Å². The van der Waals surface area contributed by atoms with E-state index in [1.165, 1.54) is 32.1 Å². The Bertz CT molecular complexity index is 359. The Kier molecular flexibility index (Phi) is 12.6. The quantitative estimate of drug-likeness (QED) is 0.361. The number of amides is 2. The number of unbranched alkanes of at least 4 members (excludes halogenated alkanes) is 6. The van der Waals surface area contributed by atoms with E-state index in [1.807, 2.05) is 0 Å². The van der Waals surface area contributed by atoms with Gasteiger partial charge < -0.3 is 20.8 Å². The maximum absolute atomic E-state index is 11.7. The molecule has 0 aliphatic rings. The van der Waals surface area contributed by atoms with Gasteiger partial charge in [-0.3, -0.25) is 9.59 Å². The molecule has 0 fully saturated rings. The summed E-state index contributed by atoms with van der Waals surface area (Å²) in [6.45, 7) is 5.74. The molecule has 0 aliphatic heterocycles. The average Bonchev–Trinajstić information content (AvgIpc) is 2.56. The minimum Gasteiger partial charge on any atom is -0.396 e. The van der Waals surface area contributed by atoms with Crippen LogP contribution in [-0.2, 0) is 9.59 Å². The predicted octanol–water partition coefficient (Wildman–Crippen LogP) is 1.74. The van der Waals surface area contributed by atoms with E-state index >= 15 is 0 Å². The second-order valence-electron chi connectivity index (χ2n) is 7.06. The number of carbonyl (C=O) groups excluding carboxylic acids is 2. The lowest BCUT2D eigenvalue weighted by Gasteiger charge is -2.27. The lowest BCUT2D eigenvalue weighted by molar-refractivity contribution is -0.137. The van der Waals surface area contributed by atoms with Crippen molar-refractivity contribution < 1.29 is 19.8 Å². The zero-order chi connectivity index (χ0) is 18.4. The van der Waals surface area contributed by atoms with Crippen molar-refractivity contribution in [3.63, 3.8) is 0 Å². The van der Waals surface area contributed by atoms with Gasteiger partial charge in [0.1, 0.15) is 6.10 Å². The van der Waals surface area contributed by atoms with Crippen LogP contribution in [0.3, 0.4) is 0 Å². The molecule has 6 heteroatoms. The monoisotopic (exact) mass is 344 g/mol. The molecule has 0 bridgehead atoms. The predicted molar refractivity (Wildman–Crippen MR) is 95.5 cm³/mol. The molecule has 0 heterocycles. The Morgan fingerprint density at radius 2 is 1.50 bits per heavy atom. The minimum atomic E-state index is -1.27. The Labute approximate surface area is 146 Å². The van der Waals surface area contributed by atoms with Crippen molar-refractivity contribution in [3.05, 3.63) is 0 Å². The fourth-order valence-corrected chi connectivity index (χ4v) is 2.26. The number of aliphatic hydroxyl groups excluding tert-OH is 2. The number of carbonyl (C=O) groups is 2. The molecule has 0 aromatic rings. The van der Waals surface area contributed by atoms with Crippen molar-refractivity contribution >= 4 is 11.8 Å². The number of hydrogen-bond donors (Lipinski definition) is 4. The van der Waals surface area contributed by atoms with Crippen molar-refractivity contribution in [2.75, 3.05) is 19.7 Å². The largest absolute Gasteiger partial charge is 0.396 e. The molecular weight excluding hydrogens is 308 g/mol. The van der Waals surface area contributed by atoms with Crippen LogP contribution in [0.25, 0.3) is 0 Å². The van der Waals surface area contributed by atoms with Gasteiger partial charge >= 0.3 is 0 Å². The Morgan fingerprint density at radius 3 is 2.08 bits per heavy atom. The van der Waals surface area contributed by atoms with Crippen molar-refractivity contribution in [1.29, 1.82) is 0 Å². The summed E-state index contributed by atoms with van der Waals surface area (Å²) in [7, 11) is 0. The highest BCUT2D eigenvalue weighted by atomic mass is 16.3. The van der Waals surface area contributed by atoms with Gasteiger partial charge in [-0.2, -0.15) is 0 Å². The maximum atomic E-state index is 11.7. The van der Waals surface area contributed by atoms with Crippen molar-refractivity contribution in [2.24, 2.45) is 5.41 Å². The third kappa shape index (κ3) is 10.6. The summed E-state index contributed by atoms with van der Waals surface area (Å²) < 4.78 is 0. The molecule has 0 unspecified atom stereocenters. The lowest BCUT2D eigenvalue weighted by Crippen LogP contribution is -2.47. The van der Waals surface area contributed by atoms with Crippen LogP contribution < -0.4 is 10.6 Å². The molecule has 0 radical (unpaired) electrons. The second kappa shape index (κ2) is 13.2. The normalized spacial score (nSPS) is 12.7. The van der Waals surface area contributed by atoms with Crippen LogP contribution in [-0.4, -0.2) is 47.8 Å². The molecule has 0 rings (SSSR count). The van der Waals surface area contributed by atoms with Crippen LogP contribution in [0.2, 0.25) is 0 Å². The van der Waals surface area contributed by atoms with E-state index in [0.717, 1.165) is 12.8 Å². The molecule has 4 N–H and O–H groups in total. The summed E-state index contributed by atoms with van der Waals surface area (Å²) in [4.78, 5) is 23.4. The zero-order valence-electron chi connectivity index (χ0n) is 15.6. The summed E-state index contributed by atoms with van der Waals surface area (Å²) >= 11 is 0. The van der Waals surface area contributed by atoms with Crippen LogP contribution in [0, 0.1) is 5.41 Å². The van der Waals surface area contributed by atoms with Crippen LogP contribution in [0.5, 0.6) is 0 Å². The third-order valence-electron chi connectivity index (χ3n) is 4.15. The van der Waals surface area contributed by atoms with Gasteiger partial charge in [-0.15, -0.1) is 0 Å². The lowest BCUT2D eigenvalue weighted by atomic mass is 9.87. The molecule has 2 amide bonds. The van der Waals surface area contributed by atoms with Crippen LogP contribution in [0.15, 0.2) is 0 Å². The van der Waals surface area contributed by atoms with Gasteiger partial charge in [-0.05, 0) is 6.42 Å². The average molecular weight is 344 g/mol. The van der Waals surface area contributed by atoms with Crippen LogP contribution in [0.1, 0.15) is 72.1 Å². The van der Waals surface area contributed by atoms with E-state index in [4.69, 9.17) is 5.11 Å². The molecule has 6 nitrogen and oxygen atoms in total. The van der Waals surface area contributed by atoms with E-state index in [9.17, 15) is 14.7 Å². The second-order valence-corrected chi connectivity index (χ2v) is 7.06. The smallest absolute Gasteiger partial charge is 0.249 e. The first kappa shape index (κ1) is 22.9. The summed E-state index contributed by atoms with van der Waals surface area (Å²) in [6, 6.07) is 0. The fraction of sp³-hybridized carbons (Fsp3) is 0.889. The molecule has 24 heavy (non-hydrogen) atoms. The molecule has 0 saturated heterocycles. The molecule has 142 valence electrons. The highest BCUT2D eigenvalue weighted by Gasteiger charge is 2.32. The number of rotatable bonds is 14. The highest BCUT2D eigenvalue weighted by molar-refractivity contribution is 5.81. The molecule has 0 aromatic heterocycles. The third-order valence-corrected chi connectivity index (χ3v) is 4.15. The zero-order valence-corrected chi connectivity index (χ0v) is 15.6. The van der Waals surface area contributed by atoms with Crippen LogP contribution in [0.4, 0.5) is 0 Å². The van der Waals surface area contributed by atoms with Crippen molar-refractivity contribution in [1.82, 2.24) is 10.6 Å². The maximum Gasteiger partial charge on any atom is 0.249 e. The Hall–Kier alpha value is -1.14. The summed E-state index contributed by atoms with van der Waals surface area (Å²) in [5.41, 5.74) is -0.884. The first-order valence-corrected chi connectivity index (χ1v) is 9.18. The van der Waals surface area contributed by atoms with Gasteiger partial charge in [0, 0.05) is 24.9 Å². The first-order chi connectivity index (χ1) is 11.3. The van der Waals surface area contributed by atoms with Gasteiger partial charge in [0.05, 0.1) is 6.61 Å². The molecular formula is C18H36N2O4. The highest BCUT2D eigenvalue weighted by Crippen LogP contribution is 2.19. The standard InChI is InChI=1S/C18H36N2O4/c1-4-5-6-7-8-9-10-11-15(22)19-12-13-20-17(24)16(23)18(2,3)14-21/h16,21,23H,4-14H2,1-3H3,(H,19,22)(H,20,24)/t16-/m0/s1. The van der Waals surface area contributed by atoms with Crippen LogP contribution >= 0.6 is 0 Å². The molecule has 0 saturated carbocycles. The first-order valence-electron chi connectivity index (χ1n) is 9.18. The molecule has 0 spiro atoms. The Morgan fingerprint density at radius 1 is 0.958 bits per heavy atom. The summed E-state index contributed by atoms with van der Waals surface area (Å²) in [5, 5.41) is 24.3. The Balaban J connectivity index is 3.63. The van der Waals surface area contributed by atoms with E-state index in [1.54, 1.807) is 13.8 Å². The van der Waals surface area contributed by atoms with Gasteiger partial charge in [-0.1, -0.05) is 59.3 Å². The SMILES string of the molecule is CCCCCCCCCC(=O)NCCNC(=O)[C@H](O)C(C)(C)CO. The van der Waals surface area contributed by atoms with Crippen molar-refractivity contribution in [3.8, 4) is 0 Å². The van der Waals surface area contributed by atoms with E-state index < -0.39 is 17.4 Å². The van der Waals surface area contributed by atoms with E-state index in [-0.39, 0.29) is 19.1 Å². The molecule has 1 atom stereocenters. The minimum absolute atomic E-state index is 0.00552. The number of nitrogens with one attached hydrogen (secondary N) is 2. The number of hydrogen-bond acceptors (Lipinski definition) is 4. The molecule has 0 aliphatic carbocycles. The number of aliphatic hydroxyl groups is 2. The van der Waals surface area contributed by atoms with Crippen molar-refractivity contribution in [2.45, 2.75) is 78.2 Å².